The van der Waals surface area contributed by atoms with Gasteiger partial charge < -0.3 is 5.11 Å². The molecule has 1 unspecified atom stereocenters. The molecule has 0 bridgehead atoms. The van der Waals surface area contributed by atoms with E-state index in [1.807, 2.05) is 0 Å². The smallest absolute Gasteiger partial charge is 0.147 e. The van der Waals surface area contributed by atoms with Gasteiger partial charge in [-0.2, -0.15) is 0 Å². The fraction of sp³-hybridized carbons (Fsp3) is 0.462. The zero-order valence-electron chi connectivity index (χ0n) is 9.19. The maximum absolute atomic E-state index is 13.4. The molecule has 0 spiro atoms. The summed E-state index contributed by atoms with van der Waals surface area (Å²) in [7, 11) is 0. The van der Waals surface area contributed by atoms with Gasteiger partial charge in [0.25, 0.3) is 0 Å². The lowest BCUT2D eigenvalue weighted by Crippen LogP contribution is -2.04. The summed E-state index contributed by atoms with van der Waals surface area (Å²) in [5.41, 5.74) is 1.28. The lowest BCUT2D eigenvalue weighted by Gasteiger charge is -2.14. The van der Waals surface area contributed by atoms with Crippen molar-refractivity contribution in [1.82, 2.24) is 4.98 Å². The third kappa shape index (κ3) is 2.47. The quantitative estimate of drug-likeness (QED) is 0.778. The van der Waals surface area contributed by atoms with E-state index in [0.29, 0.717) is 5.56 Å². The standard InChI is InChI=1S/C13H16FNO/c14-12-9-15-8-7-11(12)13(16)10-5-3-1-2-4-6-10/h5,7-9,13,16H,1-4,6H2. The summed E-state index contributed by atoms with van der Waals surface area (Å²) in [5, 5.41) is 10.1. The van der Waals surface area contributed by atoms with Crippen molar-refractivity contribution in [2.24, 2.45) is 0 Å². The minimum absolute atomic E-state index is 0.336. The molecule has 1 aliphatic rings. The van der Waals surface area contributed by atoms with Crippen molar-refractivity contribution in [3.8, 4) is 0 Å². The van der Waals surface area contributed by atoms with Crippen molar-refractivity contribution < 1.29 is 9.50 Å². The highest BCUT2D eigenvalue weighted by Crippen LogP contribution is 2.29. The summed E-state index contributed by atoms with van der Waals surface area (Å²) >= 11 is 0. The molecule has 0 amide bonds. The second-order valence-corrected chi connectivity index (χ2v) is 4.18. The molecule has 16 heavy (non-hydrogen) atoms. The van der Waals surface area contributed by atoms with Crippen LogP contribution in [0.2, 0.25) is 0 Å². The number of halogens is 1. The maximum Gasteiger partial charge on any atom is 0.147 e. The van der Waals surface area contributed by atoms with Crippen LogP contribution in [-0.4, -0.2) is 10.1 Å². The number of aliphatic hydroxyl groups excluding tert-OH is 1. The van der Waals surface area contributed by atoms with Gasteiger partial charge in [-0.1, -0.05) is 12.5 Å². The van der Waals surface area contributed by atoms with Crippen molar-refractivity contribution in [2.45, 2.75) is 38.2 Å². The van der Waals surface area contributed by atoms with Crippen LogP contribution in [0.3, 0.4) is 0 Å². The van der Waals surface area contributed by atoms with E-state index in [9.17, 15) is 9.50 Å². The molecule has 86 valence electrons. The van der Waals surface area contributed by atoms with Crippen molar-refractivity contribution in [3.63, 3.8) is 0 Å². The Labute approximate surface area is 94.8 Å². The molecule has 1 aromatic heterocycles. The molecule has 1 aliphatic carbocycles. The van der Waals surface area contributed by atoms with Crippen LogP contribution >= 0.6 is 0 Å². The first-order chi connectivity index (χ1) is 7.79. The number of aliphatic hydroxyl groups is 1. The monoisotopic (exact) mass is 221 g/mol. The van der Waals surface area contributed by atoms with E-state index in [0.717, 1.165) is 37.5 Å². The van der Waals surface area contributed by atoms with Gasteiger partial charge in [-0.05, 0) is 37.3 Å². The first-order valence-corrected chi connectivity index (χ1v) is 5.75. The minimum Gasteiger partial charge on any atom is -0.384 e. The first kappa shape index (κ1) is 11.3. The second-order valence-electron chi connectivity index (χ2n) is 4.18. The number of pyridine rings is 1. The average Bonchev–Trinajstić information content (AvgIpc) is 2.57. The van der Waals surface area contributed by atoms with Crippen LogP contribution in [0, 0.1) is 5.82 Å². The van der Waals surface area contributed by atoms with E-state index >= 15 is 0 Å². The van der Waals surface area contributed by atoms with E-state index in [-0.39, 0.29) is 0 Å². The van der Waals surface area contributed by atoms with Gasteiger partial charge in [0.1, 0.15) is 11.9 Å². The van der Waals surface area contributed by atoms with Crippen molar-refractivity contribution in [3.05, 3.63) is 41.5 Å². The van der Waals surface area contributed by atoms with Gasteiger partial charge in [0.15, 0.2) is 0 Å². The first-order valence-electron chi connectivity index (χ1n) is 5.75. The molecule has 1 N–H and O–H groups in total. The molecule has 0 fully saturated rings. The van der Waals surface area contributed by atoms with Gasteiger partial charge in [0.2, 0.25) is 0 Å². The summed E-state index contributed by atoms with van der Waals surface area (Å²) in [6.07, 6.45) is 9.19. The van der Waals surface area contributed by atoms with Crippen molar-refractivity contribution in [1.29, 1.82) is 0 Å². The second kappa shape index (κ2) is 5.21. The Balaban J connectivity index is 2.21. The Morgan fingerprint density at radius 2 is 2.19 bits per heavy atom. The summed E-state index contributed by atoms with van der Waals surface area (Å²) in [6, 6.07) is 1.55. The van der Waals surface area contributed by atoms with Crippen molar-refractivity contribution >= 4 is 0 Å². The number of nitrogens with zero attached hydrogens (tertiary/aromatic N) is 1. The maximum atomic E-state index is 13.4. The predicted molar refractivity (Wildman–Crippen MR) is 60.3 cm³/mol. The molecule has 2 nitrogen and oxygen atoms in total. The Bertz CT molecular complexity index is 389. The Morgan fingerprint density at radius 1 is 1.31 bits per heavy atom. The molecule has 3 heteroatoms. The summed E-state index contributed by atoms with van der Waals surface area (Å²) in [6.45, 7) is 0. The van der Waals surface area contributed by atoms with Gasteiger partial charge in [-0.3, -0.25) is 4.98 Å². The van der Waals surface area contributed by atoms with E-state index < -0.39 is 11.9 Å². The third-order valence-electron chi connectivity index (χ3n) is 3.03. The summed E-state index contributed by atoms with van der Waals surface area (Å²) in [4.78, 5) is 3.69. The molecule has 0 saturated carbocycles. The van der Waals surface area contributed by atoms with Crippen LogP contribution in [-0.2, 0) is 0 Å². The van der Waals surface area contributed by atoms with Crippen LogP contribution in [0.1, 0.15) is 43.8 Å². The van der Waals surface area contributed by atoms with E-state index in [2.05, 4.69) is 11.1 Å². The SMILES string of the molecule is OC(C1=CCCCCC1)c1ccncc1F. The zero-order chi connectivity index (χ0) is 11.4. The Morgan fingerprint density at radius 3 is 3.00 bits per heavy atom. The molecule has 0 saturated heterocycles. The highest BCUT2D eigenvalue weighted by molar-refractivity contribution is 5.25. The van der Waals surface area contributed by atoms with Crippen LogP contribution in [0.4, 0.5) is 4.39 Å². The molecule has 1 heterocycles. The normalized spacial score (nSPS) is 18.8. The van der Waals surface area contributed by atoms with Gasteiger partial charge in [0.05, 0.1) is 6.20 Å². The van der Waals surface area contributed by atoms with E-state index in [4.69, 9.17) is 0 Å². The van der Waals surface area contributed by atoms with Gasteiger partial charge in [-0.25, -0.2) is 4.39 Å². The van der Waals surface area contributed by atoms with Crippen LogP contribution < -0.4 is 0 Å². The van der Waals surface area contributed by atoms with Crippen molar-refractivity contribution in [2.75, 3.05) is 0 Å². The number of allylic oxidation sites excluding steroid dienone is 1. The number of rotatable bonds is 2. The number of aromatic nitrogens is 1. The largest absolute Gasteiger partial charge is 0.384 e. The summed E-state index contributed by atoms with van der Waals surface area (Å²) in [5.74, 6) is -0.430. The van der Waals surface area contributed by atoms with Crippen LogP contribution in [0.15, 0.2) is 30.1 Å². The number of hydrogen-bond donors (Lipinski definition) is 1. The third-order valence-corrected chi connectivity index (χ3v) is 3.03. The molecule has 1 atom stereocenters. The van der Waals surface area contributed by atoms with Gasteiger partial charge in [0, 0.05) is 11.8 Å². The predicted octanol–water partition coefficient (Wildman–Crippen LogP) is 3.14. The molecule has 0 aromatic carbocycles. The Hall–Kier alpha value is -1.22. The zero-order valence-corrected chi connectivity index (χ0v) is 9.19. The van der Waals surface area contributed by atoms with Gasteiger partial charge >= 0.3 is 0 Å². The highest BCUT2D eigenvalue weighted by atomic mass is 19.1. The molecule has 2 rings (SSSR count). The molecule has 0 aliphatic heterocycles. The van der Waals surface area contributed by atoms with E-state index in [1.54, 1.807) is 6.07 Å². The summed E-state index contributed by atoms with van der Waals surface area (Å²) < 4.78 is 13.4. The fourth-order valence-electron chi connectivity index (χ4n) is 2.10. The topological polar surface area (TPSA) is 33.1 Å². The van der Waals surface area contributed by atoms with E-state index in [1.165, 1.54) is 12.6 Å². The number of hydrogen-bond acceptors (Lipinski definition) is 2. The molecule has 0 radical (unpaired) electrons. The lowest BCUT2D eigenvalue weighted by molar-refractivity contribution is 0.205. The minimum atomic E-state index is -0.805. The van der Waals surface area contributed by atoms with Gasteiger partial charge in [-0.15, -0.1) is 0 Å². The Kier molecular flexibility index (Phi) is 3.67. The molecule has 1 aromatic rings. The highest BCUT2D eigenvalue weighted by Gasteiger charge is 2.17. The van der Waals surface area contributed by atoms with Crippen LogP contribution in [0.25, 0.3) is 0 Å². The van der Waals surface area contributed by atoms with Crippen LogP contribution in [0.5, 0.6) is 0 Å². The average molecular weight is 221 g/mol. The fourth-order valence-corrected chi connectivity index (χ4v) is 2.10. The molecular formula is C13H16FNO. The molecular weight excluding hydrogens is 205 g/mol. The lowest BCUT2D eigenvalue weighted by atomic mass is 9.98.